The minimum Gasteiger partial charge on any atom is -0.463 e. The summed E-state index contributed by atoms with van der Waals surface area (Å²) in [6, 6.07) is 0. The van der Waals surface area contributed by atoms with Crippen LogP contribution in [0.15, 0.2) is 24.3 Å². The van der Waals surface area contributed by atoms with Gasteiger partial charge in [0, 0.05) is 24.5 Å². The van der Waals surface area contributed by atoms with Gasteiger partial charge in [-0.2, -0.15) is 0 Å². The van der Waals surface area contributed by atoms with Crippen LogP contribution < -0.4 is 0 Å². The number of fused-ring (bicyclic) bond motifs is 2. The molecule has 3 N–H and O–H groups in total. The van der Waals surface area contributed by atoms with Crippen molar-refractivity contribution < 1.29 is 53.3 Å². The lowest BCUT2D eigenvalue weighted by Crippen LogP contribution is -2.71. The van der Waals surface area contributed by atoms with Crippen LogP contribution in [-0.4, -0.2) is 107 Å². The fourth-order valence-corrected chi connectivity index (χ4v) is 7.77. The highest BCUT2D eigenvalue weighted by Crippen LogP contribution is 2.75. The highest BCUT2D eigenvalue weighted by atomic mass is 16.7. The van der Waals surface area contributed by atoms with Crippen LogP contribution in [0.3, 0.4) is 0 Å². The van der Waals surface area contributed by atoms with Gasteiger partial charge in [-0.3, -0.25) is 0 Å². The summed E-state index contributed by atoms with van der Waals surface area (Å²) in [5.74, 6) is -1.84. The first-order valence-electron chi connectivity index (χ1n) is 14.2. The Morgan fingerprint density at radius 3 is 2.52 bits per heavy atom. The fourth-order valence-electron chi connectivity index (χ4n) is 7.77. The number of epoxide rings is 2. The van der Waals surface area contributed by atoms with Gasteiger partial charge in [0.2, 0.25) is 0 Å². The third kappa shape index (κ3) is 3.96. The first kappa shape index (κ1) is 28.3. The van der Waals surface area contributed by atoms with Gasteiger partial charge in [0.05, 0.1) is 36.4 Å². The van der Waals surface area contributed by atoms with E-state index in [4.69, 9.17) is 28.4 Å². The zero-order valence-electron chi connectivity index (χ0n) is 23.4. The molecular weight excluding hydrogens is 524 g/mol. The van der Waals surface area contributed by atoms with E-state index in [0.717, 1.165) is 0 Å². The second-order valence-corrected chi connectivity index (χ2v) is 12.8. The molecule has 13 atom stereocenters. The predicted molar refractivity (Wildman–Crippen MR) is 137 cm³/mol. The minimum atomic E-state index is -1.41. The van der Waals surface area contributed by atoms with E-state index < -0.39 is 82.6 Å². The number of carbonyl (C=O) groups is 2. The Bertz CT molecular complexity index is 1100. The van der Waals surface area contributed by atoms with Gasteiger partial charge in [-0.1, -0.05) is 32.1 Å². The highest BCUT2D eigenvalue weighted by molar-refractivity contribution is 5.82. The molecule has 4 heterocycles. The first-order valence-corrected chi connectivity index (χ1v) is 14.2. The summed E-state index contributed by atoms with van der Waals surface area (Å²) in [5.41, 5.74) is -3.42. The number of cyclic esters (lactones) is 1. The molecule has 6 rings (SSSR count). The lowest BCUT2D eigenvalue weighted by atomic mass is 9.49. The van der Waals surface area contributed by atoms with Crippen molar-refractivity contribution >= 4 is 11.9 Å². The molecule has 0 aromatic carbocycles. The second kappa shape index (κ2) is 9.58. The van der Waals surface area contributed by atoms with Crippen molar-refractivity contribution in [2.45, 2.75) is 107 Å². The Kier molecular flexibility index (Phi) is 6.77. The number of aliphatic hydroxyl groups excluding tert-OH is 3. The van der Waals surface area contributed by atoms with Crippen LogP contribution >= 0.6 is 0 Å². The Labute approximate surface area is 233 Å². The van der Waals surface area contributed by atoms with Crippen LogP contribution in [0, 0.1) is 16.7 Å². The molecule has 11 heteroatoms. The summed E-state index contributed by atoms with van der Waals surface area (Å²) in [6.45, 7) is 7.54. The zero-order valence-corrected chi connectivity index (χ0v) is 23.4. The van der Waals surface area contributed by atoms with Gasteiger partial charge in [-0.05, 0) is 32.6 Å². The smallest absolute Gasteiger partial charge is 0.335 e. The molecule has 3 saturated heterocycles. The van der Waals surface area contributed by atoms with E-state index >= 15 is 0 Å². The van der Waals surface area contributed by atoms with Crippen molar-refractivity contribution in [3.05, 3.63) is 24.3 Å². The summed E-state index contributed by atoms with van der Waals surface area (Å²) >= 11 is 0. The number of rotatable bonds is 1. The predicted octanol–water partition coefficient (Wildman–Crippen LogP) is 0.575. The van der Waals surface area contributed by atoms with Crippen LogP contribution in [0.1, 0.15) is 47.0 Å². The van der Waals surface area contributed by atoms with E-state index in [-0.39, 0.29) is 25.7 Å². The third-order valence-corrected chi connectivity index (χ3v) is 10.7. The lowest BCUT2D eigenvalue weighted by molar-refractivity contribution is -0.261. The number of ether oxygens (including phenoxy) is 6. The Morgan fingerprint density at radius 1 is 1.07 bits per heavy atom. The Hall–Kier alpha value is -1.86. The average molecular weight is 565 g/mol. The maximum Gasteiger partial charge on any atom is 0.335 e. The molecular formula is C29H40O11. The lowest BCUT2D eigenvalue weighted by Gasteiger charge is -2.59. The van der Waals surface area contributed by atoms with Crippen molar-refractivity contribution in [2.24, 2.45) is 16.7 Å². The standard InChI is InChI=1S/C29H40O11/c1-15-9-10-35-17(16(2)30)7-5-6-8-21(32)38-19-11-20-29(14-37-29)27(19,4)28(13-36-25(34)22(15)33)12-18(31)26(3)23(40-26)24(28)39-20/h5-8,15-20,22-24,30-31,33H,9-14H2,1-4H3/b7-5+,8-6-/t15-,16-,17+,18+,19-,20-,22-,23-,24+,26-,27+,28+,29-/m1/s1. The Morgan fingerprint density at radius 2 is 1.82 bits per heavy atom. The molecule has 222 valence electrons. The van der Waals surface area contributed by atoms with Gasteiger partial charge in [0.25, 0.3) is 0 Å². The summed E-state index contributed by atoms with van der Waals surface area (Å²) in [4.78, 5) is 26.2. The number of aliphatic hydroxyl groups is 3. The number of esters is 2. The SMILES string of the molecule is C[C@@H]1CCO[C@H]([C@@H](C)O)/C=C/C=C\C(=O)O[C@@H]2C[C@H]3O[C@H]4[C@H]5O[C@]5(C)[C@@H](O)C[C@@]4(COC(=O)[C@@H]1O)[C@@]2(C)[C@@]31CO1. The van der Waals surface area contributed by atoms with E-state index in [9.17, 15) is 24.9 Å². The van der Waals surface area contributed by atoms with E-state index in [2.05, 4.69) is 0 Å². The van der Waals surface area contributed by atoms with Crippen molar-refractivity contribution in [1.82, 2.24) is 0 Å². The summed E-state index contributed by atoms with van der Waals surface area (Å²) in [7, 11) is 0. The van der Waals surface area contributed by atoms with Crippen LogP contribution in [0.25, 0.3) is 0 Å². The maximum absolute atomic E-state index is 13.2. The monoisotopic (exact) mass is 564 g/mol. The van der Waals surface area contributed by atoms with Crippen molar-refractivity contribution in [2.75, 3.05) is 19.8 Å². The molecule has 6 aliphatic rings. The van der Waals surface area contributed by atoms with Crippen LogP contribution in [0.2, 0.25) is 0 Å². The van der Waals surface area contributed by atoms with Crippen LogP contribution in [0.4, 0.5) is 0 Å². The summed E-state index contributed by atoms with van der Waals surface area (Å²) < 4.78 is 36.4. The molecule has 4 aliphatic heterocycles. The average Bonchev–Trinajstić information content (AvgIpc) is 3.82. The maximum atomic E-state index is 13.2. The van der Waals surface area contributed by atoms with Crippen molar-refractivity contribution in [3.8, 4) is 0 Å². The largest absolute Gasteiger partial charge is 0.463 e. The normalized spacial score (nSPS) is 54.6. The number of allylic oxidation sites excluding steroid dienone is 2. The van der Waals surface area contributed by atoms with Gasteiger partial charge < -0.3 is 43.7 Å². The fraction of sp³-hybridized carbons (Fsp3) is 0.793. The van der Waals surface area contributed by atoms with Gasteiger partial charge in [-0.25, -0.2) is 9.59 Å². The quantitative estimate of drug-likeness (QED) is 0.302. The first-order chi connectivity index (χ1) is 18.9. The number of hydrogen-bond acceptors (Lipinski definition) is 11. The molecule has 2 aliphatic carbocycles. The molecule has 5 fully saturated rings. The molecule has 11 nitrogen and oxygen atoms in total. The molecule has 40 heavy (non-hydrogen) atoms. The van der Waals surface area contributed by atoms with E-state index in [1.54, 1.807) is 26.0 Å². The van der Waals surface area contributed by atoms with Gasteiger partial charge >= 0.3 is 11.9 Å². The second-order valence-electron chi connectivity index (χ2n) is 12.8. The van der Waals surface area contributed by atoms with Gasteiger partial charge in [0.1, 0.15) is 36.1 Å². The summed E-state index contributed by atoms with van der Waals surface area (Å²) in [5, 5.41) is 32.2. The molecule has 2 spiro atoms. The highest BCUT2D eigenvalue weighted by Gasteiger charge is 2.87. The Balaban J connectivity index is 1.37. The topological polar surface area (TPSA) is 157 Å². The van der Waals surface area contributed by atoms with Crippen molar-refractivity contribution in [1.29, 1.82) is 0 Å². The zero-order chi connectivity index (χ0) is 28.7. The van der Waals surface area contributed by atoms with E-state index in [1.807, 2.05) is 13.8 Å². The molecule has 0 unspecified atom stereocenters. The molecule has 0 aromatic heterocycles. The van der Waals surface area contributed by atoms with Crippen LogP contribution in [0.5, 0.6) is 0 Å². The van der Waals surface area contributed by atoms with E-state index in [0.29, 0.717) is 19.4 Å². The van der Waals surface area contributed by atoms with Gasteiger partial charge in [0.15, 0.2) is 6.10 Å². The van der Waals surface area contributed by atoms with E-state index in [1.165, 1.54) is 12.2 Å². The molecule has 2 saturated carbocycles. The minimum absolute atomic E-state index is 0.172. The molecule has 0 radical (unpaired) electrons. The number of hydrogen-bond donors (Lipinski definition) is 3. The third-order valence-electron chi connectivity index (χ3n) is 10.7. The number of carbonyl (C=O) groups excluding carboxylic acids is 2. The van der Waals surface area contributed by atoms with Crippen molar-refractivity contribution in [3.63, 3.8) is 0 Å². The van der Waals surface area contributed by atoms with Crippen LogP contribution in [-0.2, 0) is 38.0 Å². The van der Waals surface area contributed by atoms with Gasteiger partial charge in [-0.15, -0.1) is 0 Å². The summed E-state index contributed by atoms with van der Waals surface area (Å²) in [6.07, 6.45) is 1.29. The molecule has 0 amide bonds. The molecule has 0 aromatic rings. The molecule has 2 bridgehead atoms.